The smallest absolute Gasteiger partial charge is 0.471 e. The first kappa shape index (κ1) is 25.8. The third-order valence-electron chi connectivity index (χ3n) is 5.73. The Kier molecular flexibility index (Phi) is 7.25. The summed E-state index contributed by atoms with van der Waals surface area (Å²) in [6.07, 6.45) is 4.50. The molecule has 10 nitrogen and oxygen atoms in total. The Morgan fingerprint density at radius 2 is 2.00 bits per heavy atom. The van der Waals surface area contributed by atoms with Crippen LogP contribution in [-0.2, 0) is 20.6 Å². The van der Waals surface area contributed by atoms with E-state index in [1.165, 1.54) is 22.7 Å². The second-order valence-electron chi connectivity index (χ2n) is 8.07. The number of phosphoric ester groups is 1. The van der Waals surface area contributed by atoms with Gasteiger partial charge >= 0.3 is 7.82 Å². The number of rotatable bonds is 8. The van der Waals surface area contributed by atoms with E-state index in [9.17, 15) is 24.4 Å². The Hall–Kier alpha value is -4.26. The summed E-state index contributed by atoms with van der Waals surface area (Å²) in [5.41, 5.74) is 4.33. The van der Waals surface area contributed by atoms with Crippen LogP contribution in [-0.4, -0.2) is 39.4 Å². The van der Waals surface area contributed by atoms with Crippen LogP contribution < -0.4 is 9.64 Å². The van der Waals surface area contributed by atoms with Crippen molar-refractivity contribution in [2.24, 2.45) is 0 Å². The van der Waals surface area contributed by atoms with E-state index in [0.717, 1.165) is 11.1 Å². The Bertz CT molecular complexity index is 1600. The molecule has 37 heavy (non-hydrogen) atoms. The minimum absolute atomic E-state index is 0.283. The zero-order valence-electron chi connectivity index (χ0n) is 20.0. The molecular formula is C26H23N4O6P. The Morgan fingerprint density at radius 1 is 1.22 bits per heavy atom. The molecular weight excluding hydrogens is 495 g/mol. The largest absolute Gasteiger partial charge is 0.497 e. The van der Waals surface area contributed by atoms with E-state index in [2.05, 4.69) is 17.6 Å². The Labute approximate surface area is 212 Å². The molecule has 1 amide bonds. The van der Waals surface area contributed by atoms with Crippen molar-refractivity contribution in [1.82, 2.24) is 9.55 Å². The van der Waals surface area contributed by atoms with Crippen molar-refractivity contribution in [3.63, 3.8) is 0 Å². The number of anilines is 1. The van der Waals surface area contributed by atoms with Gasteiger partial charge in [-0.15, -0.1) is 0 Å². The number of likely N-dealkylation sites (N-methyl/N-ethyl adjacent to an activating group) is 1. The first-order chi connectivity index (χ1) is 17.6. The van der Waals surface area contributed by atoms with Crippen LogP contribution in [0.5, 0.6) is 5.75 Å². The molecule has 2 aromatic carbocycles. The second kappa shape index (κ2) is 10.4. The van der Waals surface area contributed by atoms with Crippen LogP contribution in [0.3, 0.4) is 0 Å². The quantitative estimate of drug-likeness (QED) is 0.258. The average Bonchev–Trinajstić information content (AvgIpc) is 3.28. The molecule has 0 unspecified atom stereocenters. The molecule has 0 atom stereocenters. The van der Waals surface area contributed by atoms with E-state index >= 15 is 0 Å². The zero-order chi connectivity index (χ0) is 26.7. The Morgan fingerprint density at radius 3 is 2.68 bits per heavy atom. The van der Waals surface area contributed by atoms with Gasteiger partial charge in [0, 0.05) is 47.7 Å². The van der Waals surface area contributed by atoms with Crippen molar-refractivity contribution >= 4 is 30.5 Å². The number of carbonyl (C=O) groups excluding carboxylic acids is 1. The monoisotopic (exact) mass is 518 g/mol. The molecule has 0 radical (unpaired) electrons. The van der Waals surface area contributed by atoms with E-state index in [0.29, 0.717) is 39.2 Å². The lowest BCUT2D eigenvalue weighted by molar-refractivity contribution is -0.113. The molecule has 0 spiro atoms. The van der Waals surface area contributed by atoms with Crippen LogP contribution in [0, 0.1) is 11.3 Å². The summed E-state index contributed by atoms with van der Waals surface area (Å²) < 4.78 is 23.0. The predicted octanol–water partition coefficient (Wildman–Crippen LogP) is 4.47. The van der Waals surface area contributed by atoms with Crippen LogP contribution in [0.2, 0.25) is 0 Å². The minimum atomic E-state index is -4.72. The number of ether oxygens (including phenoxy) is 1. The van der Waals surface area contributed by atoms with Gasteiger partial charge in [0.1, 0.15) is 18.1 Å². The van der Waals surface area contributed by atoms with Crippen molar-refractivity contribution in [1.29, 1.82) is 5.26 Å². The normalized spacial score (nSPS) is 11.2. The maximum atomic E-state index is 12.2. The topological polar surface area (TPSA) is 138 Å². The molecule has 2 N–H and O–H groups in total. The predicted molar refractivity (Wildman–Crippen MR) is 139 cm³/mol. The number of carbonyl (C=O) groups is 1. The first-order valence-electron chi connectivity index (χ1n) is 10.9. The number of nitrogens with zero attached hydrogens (tertiary/aromatic N) is 4. The van der Waals surface area contributed by atoms with E-state index < -0.39 is 14.6 Å². The number of hydrogen-bond donors (Lipinski definition) is 2. The summed E-state index contributed by atoms with van der Waals surface area (Å²) in [6, 6.07) is 16.3. The molecule has 11 heteroatoms. The van der Waals surface area contributed by atoms with Gasteiger partial charge in [0.15, 0.2) is 0 Å². The van der Waals surface area contributed by atoms with Gasteiger partial charge in [-0.2, -0.15) is 5.26 Å². The van der Waals surface area contributed by atoms with E-state index in [1.54, 1.807) is 43.7 Å². The van der Waals surface area contributed by atoms with E-state index in [4.69, 9.17) is 9.26 Å². The Balaban J connectivity index is 1.90. The van der Waals surface area contributed by atoms with Crippen molar-refractivity contribution in [3.05, 3.63) is 79.1 Å². The highest BCUT2D eigenvalue weighted by Crippen LogP contribution is 2.39. The summed E-state index contributed by atoms with van der Waals surface area (Å²) >= 11 is 0. The van der Waals surface area contributed by atoms with Gasteiger partial charge in [0.05, 0.1) is 18.7 Å². The molecule has 0 aliphatic heterocycles. The van der Waals surface area contributed by atoms with Crippen molar-refractivity contribution in [2.45, 2.75) is 6.73 Å². The van der Waals surface area contributed by atoms with E-state index in [1.807, 2.05) is 24.3 Å². The van der Waals surface area contributed by atoms with Gasteiger partial charge in [-0.3, -0.25) is 9.32 Å². The number of hydrogen-bond acceptors (Lipinski definition) is 6. The van der Waals surface area contributed by atoms with Gasteiger partial charge in [0.2, 0.25) is 5.91 Å². The SMILES string of the molecule is C=CC(=O)N(C)c1cc(OC)cc(-c2cnc3c(c2)c(-c2cccc(C#N)c2)cn3COP(=O)(O)O)c1. The number of nitriles is 1. The van der Waals surface area contributed by atoms with Gasteiger partial charge in [0.25, 0.3) is 0 Å². The lowest BCUT2D eigenvalue weighted by Crippen LogP contribution is -2.23. The van der Waals surface area contributed by atoms with Crippen molar-refractivity contribution in [3.8, 4) is 34.1 Å². The number of phosphoric acid groups is 1. The molecule has 0 fully saturated rings. The number of pyridine rings is 1. The molecule has 2 aromatic heterocycles. The standard InChI is InChI=1S/C26H23N4O6P/c1-4-25(31)29(2)21-9-19(10-22(12-21)35-3)20-11-23-24(18-7-5-6-17(8-18)13-27)15-30(26(23)28-14-20)16-36-37(32,33)34/h4-12,14-15H,1,16H2,2-3H3,(H2,32,33,34). The number of amides is 1. The molecule has 2 heterocycles. The minimum Gasteiger partial charge on any atom is -0.497 e. The van der Waals surface area contributed by atoms with Crippen molar-refractivity contribution in [2.75, 3.05) is 19.1 Å². The molecule has 0 saturated heterocycles. The van der Waals surface area contributed by atoms with Gasteiger partial charge < -0.3 is 24.0 Å². The second-order valence-corrected chi connectivity index (χ2v) is 9.31. The molecule has 4 aromatic rings. The highest BCUT2D eigenvalue weighted by molar-refractivity contribution is 7.46. The molecule has 0 bridgehead atoms. The summed E-state index contributed by atoms with van der Waals surface area (Å²) in [5.74, 6) is 0.250. The highest BCUT2D eigenvalue weighted by atomic mass is 31.2. The fourth-order valence-corrected chi connectivity index (χ4v) is 4.15. The fourth-order valence-electron chi connectivity index (χ4n) is 3.88. The average molecular weight is 518 g/mol. The summed E-state index contributed by atoms with van der Waals surface area (Å²) in [5, 5.41) is 10.0. The summed E-state index contributed by atoms with van der Waals surface area (Å²) in [7, 11) is -1.56. The highest BCUT2D eigenvalue weighted by Gasteiger charge is 2.19. The number of fused-ring (bicyclic) bond motifs is 1. The molecule has 0 saturated carbocycles. The third kappa shape index (κ3) is 5.61. The van der Waals surface area contributed by atoms with Gasteiger partial charge in [-0.1, -0.05) is 18.7 Å². The van der Waals surface area contributed by atoms with E-state index in [-0.39, 0.29) is 5.91 Å². The van der Waals surface area contributed by atoms with Crippen LogP contribution in [0.15, 0.2) is 73.6 Å². The van der Waals surface area contributed by atoms with Gasteiger partial charge in [-0.05, 0) is 47.5 Å². The van der Waals surface area contributed by atoms with Crippen molar-refractivity contribution < 1.29 is 28.4 Å². The fraction of sp³-hybridized carbons (Fsp3) is 0.115. The maximum Gasteiger partial charge on any atom is 0.471 e. The van der Waals surface area contributed by atoms with Crippen LogP contribution in [0.1, 0.15) is 5.56 Å². The molecule has 4 rings (SSSR count). The zero-order valence-corrected chi connectivity index (χ0v) is 20.9. The van der Waals surface area contributed by atoms with Crippen LogP contribution >= 0.6 is 7.82 Å². The first-order valence-corrected chi connectivity index (χ1v) is 12.5. The van der Waals surface area contributed by atoms with Crippen LogP contribution in [0.4, 0.5) is 5.69 Å². The van der Waals surface area contributed by atoms with Crippen LogP contribution in [0.25, 0.3) is 33.3 Å². The number of aromatic nitrogens is 2. The lowest BCUT2D eigenvalue weighted by Gasteiger charge is -2.18. The molecule has 0 aliphatic rings. The summed E-state index contributed by atoms with van der Waals surface area (Å²) in [4.78, 5) is 36.6. The number of benzene rings is 2. The lowest BCUT2D eigenvalue weighted by atomic mass is 10.0. The molecule has 188 valence electrons. The number of methoxy groups -OCH3 is 1. The van der Waals surface area contributed by atoms with Gasteiger partial charge in [-0.25, -0.2) is 9.55 Å². The summed E-state index contributed by atoms with van der Waals surface area (Å²) in [6.45, 7) is 3.11. The third-order valence-corrected chi connectivity index (χ3v) is 6.19. The maximum absolute atomic E-state index is 12.2. The molecule has 0 aliphatic carbocycles.